The molecular formula is C19H16FN5O2. The number of nitrogens with one attached hydrogen (secondary N) is 1. The second kappa shape index (κ2) is 6.99. The van der Waals surface area contributed by atoms with Crippen molar-refractivity contribution in [3.8, 4) is 11.4 Å². The van der Waals surface area contributed by atoms with Crippen molar-refractivity contribution in [2.75, 3.05) is 0 Å². The number of halogens is 1. The van der Waals surface area contributed by atoms with E-state index in [9.17, 15) is 9.18 Å². The molecule has 0 unspecified atom stereocenters. The first-order valence-electron chi connectivity index (χ1n) is 8.38. The van der Waals surface area contributed by atoms with Gasteiger partial charge in [-0.25, -0.2) is 4.39 Å². The van der Waals surface area contributed by atoms with Crippen LogP contribution in [0.15, 0.2) is 59.5 Å². The molecular weight excluding hydrogens is 349 g/mol. The largest absolute Gasteiger partial charge is 0.343 e. The normalized spacial score (nSPS) is 12.2. The topological polar surface area (TPSA) is 85.8 Å². The summed E-state index contributed by atoms with van der Waals surface area (Å²) in [6, 6.07) is 9.45. The van der Waals surface area contributed by atoms with Crippen molar-refractivity contribution >= 4 is 16.8 Å². The van der Waals surface area contributed by atoms with Crippen molar-refractivity contribution in [1.29, 1.82) is 0 Å². The lowest BCUT2D eigenvalue weighted by atomic mass is 10.2. The molecule has 0 spiro atoms. The third-order valence-electron chi connectivity index (χ3n) is 4.16. The third kappa shape index (κ3) is 3.55. The molecule has 3 heterocycles. The van der Waals surface area contributed by atoms with E-state index in [1.54, 1.807) is 42.2 Å². The average Bonchev–Trinajstić information content (AvgIpc) is 3.30. The van der Waals surface area contributed by atoms with E-state index < -0.39 is 6.04 Å². The van der Waals surface area contributed by atoms with Crippen LogP contribution in [0.1, 0.15) is 18.9 Å². The minimum atomic E-state index is -0.464. The summed E-state index contributed by atoms with van der Waals surface area (Å²) in [5.41, 5.74) is 1.39. The summed E-state index contributed by atoms with van der Waals surface area (Å²) in [7, 11) is 0. The molecule has 136 valence electrons. The van der Waals surface area contributed by atoms with Crippen LogP contribution >= 0.6 is 0 Å². The van der Waals surface area contributed by atoms with Crippen molar-refractivity contribution in [2.45, 2.75) is 19.5 Å². The molecule has 0 saturated carbocycles. The molecule has 0 saturated heterocycles. The quantitative estimate of drug-likeness (QED) is 0.587. The molecule has 1 aromatic carbocycles. The summed E-state index contributed by atoms with van der Waals surface area (Å²) in [5, 5.41) is 7.60. The van der Waals surface area contributed by atoms with Crippen LogP contribution in [0.25, 0.3) is 22.3 Å². The number of nitrogens with zero attached hydrogens (tertiary/aromatic N) is 4. The summed E-state index contributed by atoms with van der Waals surface area (Å²) in [5.74, 6) is 0.118. The van der Waals surface area contributed by atoms with Gasteiger partial charge in [-0.2, -0.15) is 4.98 Å². The first-order chi connectivity index (χ1) is 13.1. The number of hydrogen-bond donors (Lipinski definition) is 1. The maximum Gasteiger partial charge on any atom is 0.249 e. The lowest BCUT2D eigenvalue weighted by Crippen LogP contribution is -2.30. The van der Waals surface area contributed by atoms with Crippen LogP contribution in [-0.2, 0) is 11.3 Å². The second-order valence-electron chi connectivity index (χ2n) is 6.13. The second-order valence-corrected chi connectivity index (χ2v) is 6.13. The Kier molecular flexibility index (Phi) is 4.37. The number of rotatable bonds is 5. The zero-order chi connectivity index (χ0) is 18.8. The molecule has 1 N–H and O–H groups in total. The highest BCUT2D eigenvalue weighted by Crippen LogP contribution is 2.19. The number of carbonyl (C=O) groups is 1. The monoisotopic (exact) mass is 365 g/mol. The number of aromatic nitrogens is 4. The van der Waals surface area contributed by atoms with Crippen LogP contribution < -0.4 is 5.32 Å². The maximum atomic E-state index is 13.5. The SMILES string of the molecule is C[C@@H](NC(=O)Cn1ccc2ccc(F)cc21)c1nc(-c2cccnc2)no1. The summed E-state index contributed by atoms with van der Waals surface area (Å²) >= 11 is 0. The molecule has 3 aromatic heterocycles. The zero-order valence-corrected chi connectivity index (χ0v) is 14.5. The Morgan fingerprint density at radius 2 is 2.22 bits per heavy atom. The van der Waals surface area contributed by atoms with Gasteiger partial charge in [-0.1, -0.05) is 5.16 Å². The van der Waals surface area contributed by atoms with Crippen LogP contribution in [0.4, 0.5) is 4.39 Å². The smallest absolute Gasteiger partial charge is 0.249 e. The van der Waals surface area contributed by atoms with Gasteiger partial charge in [0.25, 0.3) is 0 Å². The highest BCUT2D eigenvalue weighted by molar-refractivity contribution is 5.83. The fourth-order valence-electron chi connectivity index (χ4n) is 2.82. The summed E-state index contributed by atoms with van der Waals surface area (Å²) < 4.78 is 20.4. The van der Waals surface area contributed by atoms with Crippen LogP contribution in [0.2, 0.25) is 0 Å². The summed E-state index contributed by atoms with van der Waals surface area (Å²) in [6.07, 6.45) is 5.04. The predicted molar refractivity (Wildman–Crippen MR) is 96.0 cm³/mol. The van der Waals surface area contributed by atoms with E-state index in [4.69, 9.17) is 4.52 Å². The van der Waals surface area contributed by atoms with Crippen LogP contribution in [0.3, 0.4) is 0 Å². The van der Waals surface area contributed by atoms with E-state index >= 15 is 0 Å². The lowest BCUT2D eigenvalue weighted by molar-refractivity contribution is -0.122. The molecule has 4 rings (SSSR count). The molecule has 0 aliphatic rings. The van der Waals surface area contributed by atoms with Crippen molar-refractivity contribution in [1.82, 2.24) is 25.0 Å². The van der Waals surface area contributed by atoms with Gasteiger partial charge in [0.1, 0.15) is 18.4 Å². The van der Waals surface area contributed by atoms with Gasteiger partial charge < -0.3 is 14.4 Å². The number of benzene rings is 1. The Labute approximate surface area is 153 Å². The fraction of sp³-hybridized carbons (Fsp3) is 0.158. The molecule has 0 bridgehead atoms. The van der Waals surface area contributed by atoms with Crippen molar-refractivity contribution in [2.24, 2.45) is 0 Å². The number of amides is 1. The molecule has 0 fully saturated rings. The zero-order valence-electron chi connectivity index (χ0n) is 14.5. The Hall–Kier alpha value is -3.55. The Morgan fingerprint density at radius 3 is 3.04 bits per heavy atom. The highest BCUT2D eigenvalue weighted by atomic mass is 19.1. The van der Waals surface area contributed by atoms with Crippen LogP contribution in [-0.4, -0.2) is 25.6 Å². The molecule has 27 heavy (non-hydrogen) atoms. The number of pyridine rings is 1. The summed E-state index contributed by atoms with van der Waals surface area (Å²) in [6.45, 7) is 1.81. The average molecular weight is 365 g/mol. The molecule has 1 amide bonds. The van der Waals surface area contributed by atoms with Gasteiger partial charge in [-0.05, 0) is 48.7 Å². The van der Waals surface area contributed by atoms with E-state index in [0.717, 1.165) is 10.9 Å². The van der Waals surface area contributed by atoms with E-state index in [1.165, 1.54) is 12.1 Å². The van der Waals surface area contributed by atoms with Gasteiger partial charge in [0.2, 0.25) is 17.6 Å². The van der Waals surface area contributed by atoms with E-state index in [2.05, 4.69) is 20.4 Å². The van der Waals surface area contributed by atoms with Gasteiger partial charge in [0.15, 0.2) is 0 Å². The van der Waals surface area contributed by atoms with Gasteiger partial charge >= 0.3 is 0 Å². The van der Waals surface area contributed by atoms with Crippen LogP contribution in [0, 0.1) is 5.82 Å². The first-order valence-corrected chi connectivity index (χ1v) is 8.38. The number of hydrogen-bond acceptors (Lipinski definition) is 5. The lowest BCUT2D eigenvalue weighted by Gasteiger charge is -2.11. The van der Waals surface area contributed by atoms with Gasteiger partial charge in [-0.15, -0.1) is 0 Å². The number of carbonyl (C=O) groups excluding carboxylic acids is 1. The molecule has 4 aromatic rings. The molecule has 7 nitrogen and oxygen atoms in total. The molecule has 8 heteroatoms. The molecule has 0 aliphatic heterocycles. The van der Waals surface area contributed by atoms with Gasteiger partial charge in [0.05, 0.1) is 5.52 Å². The van der Waals surface area contributed by atoms with Gasteiger partial charge in [-0.3, -0.25) is 9.78 Å². The van der Waals surface area contributed by atoms with Crippen molar-refractivity contribution < 1.29 is 13.7 Å². The van der Waals surface area contributed by atoms with E-state index in [-0.39, 0.29) is 18.3 Å². The Bertz CT molecular complexity index is 1090. The van der Waals surface area contributed by atoms with Crippen molar-refractivity contribution in [3.05, 3.63) is 66.7 Å². The third-order valence-corrected chi connectivity index (χ3v) is 4.16. The maximum absolute atomic E-state index is 13.5. The minimum Gasteiger partial charge on any atom is -0.343 e. The van der Waals surface area contributed by atoms with E-state index in [1.807, 2.05) is 12.1 Å². The highest BCUT2D eigenvalue weighted by Gasteiger charge is 2.18. The standard InChI is InChI=1S/C19H16FN5O2/c1-12(19-23-18(24-27-19)14-3-2-7-21-10-14)22-17(26)11-25-8-6-13-4-5-15(20)9-16(13)25/h2-10,12H,11H2,1H3,(H,22,26)/t12-/m1/s1. The first kappa shape index (κ1) is 16.9. The predicted octanol–water partition coefficient (Wildman–Crippen LogP) is 3.10. The van der Waals surface area contributed by atoms with Gasteiger partial charge in [0, 0.05) is 24.2 Å². The Morgan fingerprint density at radius 1 is 1.33 bits per heavy atom. The fourth-order valence-corrected chi connectivity index (χ4v) is 2.82. The van der Waals surface area contributed by atoms with E-state index in [0.29, 0.717) is 17.2 Å². The molecule has 1 atom stereocenters. The van der Waals surface area contributed by atoms with Crippen molar-refractivity contribution in [3.63, 3.8) is 0 Å². The molecule has 0 radical (unpaired) electrons. The minimum absolute atomic E-state index is 0.0564. The van der Waals surface area contributed by atoms with Crippen LogP contribution in [0.5, 0.6) is 0 Å². The summed E-state index contributed by atoms with van der Waals surface area (Å²) in [4.78, 5) is 20.7. The molecule has 0 aliphatic carbocycles. The number of fused-ring (bicyclic) bond motifs is 1. The Balaban J connectivity index is 1.45.